The van der Waals surface area contributed by atoms with Gasteiger partial charge in [-0.2, -0.15) is 0 Å². The first-order chi connectivity index (χ1) is 9.83. The van der Waals surface area contributed by atoms with E-state index in [4.69, 9.17) is 9.84 Å². The largest absolute Gasteiger partial charge is 0.392 e. The van der Waals surface area contributed by atoms with Gasteiger partial charge in [-0.3, -0.25) is 0 Å². The van der Waals surface area contributed by atoms with Gasteiger partial charge < -0.3 is 19.7 Å². The lowest BCUT2D eigenvalue weighted by atomic mass is 10.1. The maximum Gasteiger partial charge on any atom is 0.122 e. The molecule has 0 saturated heterocycles. The van der Waals surface area contributed by atoms with Crippen LogP contribution in [0.25, 0.3) is 0 Å². The first kappa shape index (κ1) is 14.7. The second-order valence-corrected chi connectivity index (χ2v) is 4.62. The lowest BCUT2D eigenvalue weighted by molar-refractivity contribution is 0.199. The number of rotatable bonds is 8. The van der Waals surface area contributed by atoms with E-state index >= 15 is 0 Å². The Balaban J connectivity index is 1.93. The van der Waals surface area contributed by atoms with Crippen molar-refractivity contribution in [1.29, 1.82) is 0 Å². The molecule has 0 spiro atoms. The summed E-state index contributed by atoms with van der Waals surface area (Å²) in [6.07, 6.45) is 3.79. The lowest BCUT2D eigenvalue weighted by Crippen LogP contribution is -2.21. The Morgan fingerprint density at radius 1 is 1.25 bits per heavy atom. The van der Waals surface area contributed by atoms with Crippen molar-refractivity contribution in [1.82, 2.24) is 14.9 Å². The SMILES string of the molecule is COCCNCc1nccn1Cc1ccc(CO)cc1. The highest BCUT2D eigenvalue weighted by atomic mass is 16.5. The minimum absolute atomic E-state index is 0.0834. The molecule has 0 amide bonds. The van der Waals surface area contributed by atoms with Gasteiger partial charge in [-0.25, -0.2) is 4.98 Å². The summed E-state index contributed by atoms with van der Waals surface area (Å²) in [7, 11) is 1.69. The summed E-state index contributed by atoms with van der Waals surface area (Å²) < 4.78 is 7.12. The summed E-state index contributed by atoms with van der Waals surface area (Å²) in [5.74, 6) is 1.01. The molecule has 5 heteroatoms. The summed E-state index contributed by atoms with van der Waals surface area (Å²) in [6.45, 7) is 3.11. The number of benzene rings is 1. The monoisotopic (exact) mass is 275 g/mol. The number of aliphatic hydroxyl groups is 1. The topological polar surface area (TPSA) is 59.3 Å². The van der Waals surface area contributed by atoms with Crippen LogP contribution in [0.2, 0.25) is 0 Å². The van der Waals surface area contributed by atoms with E-state index in [2.05, 4.69) is 14.9 Å². The minimum atomic E-state index is 0.0834. The first-order valence-electron chi connectivity index (χ1n) is 6.72. The van der Waals surface area contributed by atoms with Crippen molar-refractivity contribution in [2.75, 3.05) is 20.3 Å². The van der Waals surface area contributed by atoms with Crippen molar-refractivity contribution in [3.63, 3.8) is 0 Å². The van der Waals surface area contributed by atoms with Crippen LogP contribution in [0, 0.1) is 0 Å². The van der Waals surface area contributed by atoms with E-state index in [9.17, 15) is 0 Å². The fourth-order valence-corrected chi connectivity index (χ4v) is 1.97. The van der Waals surface area contributed by atoms with Gasteiger partial charge in [0.25, 0.3) is 0 Å². The maximum absolute atomic E-state index is 9.04. The van der Waals surface area contributed by atoms with Crippen molar-refractivity contribution in [3.8, 4) is 0 Å². The molecule has 0 saturated carbocycles. The van der Waals surface area contributed by atoms with Gasteiger partial charge in [0.1, 0.15) is 5.82 Å². The van der Waals surface area contributed by atoms with Gasteiger partial charge in [-0.15, -0.1) is 0 Å². The number of nitrogens with one attached hydrogen (secondary N) is 1. The summed E-state index contributed by atoms with van der Waals surface area (Å²) in [5.41, 5.74) is 2.12. The second kappa shape index (κ2) is 7.79. The van der Waals surface area contributed by atoms with Crippen LogP contribution in [-0.2, 0) is 24.4 Å². The van der Waals surface area contributed by atoms with Gasteiger partial charge in [-0.05, 0) is 11.1 Å². The molecule has 20 heavy (non-hydrogen) atoms. The molecular formula is C15H21N3O2. The molecule has 0 aliphatic heterocycles. The number of imidazole rings is 1. The molecule has 0 unspecified atom stereocenters. The number of ether oxygens (including phenoxy) is 1. The summed E-state index contributed by atoms with van der Waals surface area (Å²) >= 11 is 0. The van der Waals surface area contributed by atoms with E-state index in [-0.39, 0.29) is 6.61 Å². The highest BCUT2D eigenvalue weighted by molar-refractivity contribution is 5.22. The molecular weight excluding hydrogens is 254 g/mol. The summed E-state index contributed by atoms with van der Waals surface area (Å²) in [5, 5.41) is 12.3. The molecule has 5 nitrogen and oxygen atoms in total. The smallest absolute Gasteiger partial charge is 0.122 e. The van der Waals surface area contributed by atoms with Crippen LogP contribution in [0.5, 0.6) is 0 Å². The zero-order valence-corrected chi connectivity index (χ0v) is 11.7. The average Bonchev–Trinajstić information content (AvgIpc) is 2.92. The van der Waals surface area contributed by atoms with Crippen molar-refractivity contribution in [2.45, 2.75) is 19.7 Å². The van der Waals surface area contributed by atoms with Crippen molar-refractivity contribution in [3.05, 3.63) is 53.6 Å². The van der Waals surface area contributed by atoms with E-state index in [0.717, 1.165) is 31.0 Å². The number of aliphatic hydroxyl groups excluding tert-OH is 1. The average molecular weight is 275 g/mol. The summed E-state index contributed by atoms with van der Waals surface area (Å²) in [4.78, 5) is 4.36. The normalized spacial score (nSPS) is 10.9. The molecule has 0 atom stereocenters. The third-order valence-electron chi connectivity index (χ3n) is 3.13. The molecule has 2 N–H and O–H groups in total. The Bertz CT molecular complexity index is 508. The predicted octanol–water partition coefficient (Wildman–Crippen LogP) is 1.16. The molecule has 0 aliphatic carbocycles. The fraction of sp³-hybridized carbons (Fsp3) is 0.400. The molecule has 0 radical (unpaired) electrons. The Morgan fingerprint density at radius 2 is 2.00 bits per heavy atom. The van der Waals surface area contributed by atoms with Gasteiger partial charge in [0, 0.05) is 32.6 Å². The Morgan fingerprint density at radius 3 is 2.70 bits per heavy atom. The fourth-order valence-electron chi connectivity index (χ4n) is 1.97. The third kappa shape index (κ3) is 4.16. The molecule has 1 aromatic carbocycles. The van der Waals surface area contributed by atoms with Crippen molar-refractivity contribution >= 4 is 0 Å². The zero-order chi connectivity index (χ0) is 14.2. The standard InChI is InChI=1S/C15H21N3O2/c1-20-9-7-16-10-15-17-6-8-18(15)11-13-2-4-14(12-19)5-3-13/h2-6,8,16,19H,7,9-12H2,1H3. The molecule has 1 aromatic heterocycles. The van der Waals surface area contributed by atoms with Crippen LogP contribution in [0.4, 0.5) is 0 Å². The van der Waals surface area contributed by atoms with E-state index in [0.29, 0.717) is 6.61 Å². The number of hydrogen-bond donors (Lipinski definition) is 2. The van der Waals surface area contributed by atoms with Crippen LogP contribution >= 0.6 is 0 Å². The van der Waals surface area contributed by atoms with Crippen molar-refractivity contribution in [2.24, 2.45) is 0 Å². The predicted molar refractivity (Wildman–Crippen MR) is 77.3 cm³/mol. The van der Waals surface area contributed by atoms with Crippen LogP contribution < -0.4 is 5.32 Å². The Hall–Kier alpha value is -1.69. The molecule has 0 fully saturated rings. The second-order valence-electron chi connectivity index (χ2n) is 4.62. The highest BCUT2D eigenvalue weighted by Gasteiger charge is 2.03. The highest BCUT2D eigenvalue weighted by Crippen LogP contribution is 2.08. The lowest BCUT2D eigenvalue weighted by Gasteiger charge is -2.09. The number of nitrogens with zero attached hydrogens (tertiary/aromatic N) is 2. The van der Waals surface area contributed by atoms with Crippen LogP contribution in [-0.4, -0.2) is 34.9 Å². The van der Waals surface area contributed by atoms with Crippen LogP contribution in [0.3, 0.4) is 0 Å². The summed E-state index contributed by atoms with van der Waals surface area (Å²) in [6, 6.07) is 7.97. The first-order valence-corrected chi connectivity index (χ1v) is 6.72. The Labute approximate surface area is 119 Å². The third-order valence-corrected chi connectivity index (χ3v) is 3.13. The number of aromatic nitrogens is 2. The molecule has 0 aliphatic rings. The Kier molecular flexibility index (Phi) is 5.73. The minimum Gasteiger partial charge on any atom is -0.392 e. The van der Waals surface area contributed by atoms with E-state index < -0.39 is 0 Å². The molecule has 2 aromatic rings. The van der Waals surface area contributed by atoms with E-state index in [1.54, 1.807) is 7.11 Å². The van der Waals surface area contributed by atoms with Gasteiger partial charge in [0.05, 0.1) is 19.8 Å². The zero-order valence-electron chi connectivity index (χ0n) is 11.7. The van der Waals surface area contributed by atoms with E-state index in [1.807, 2.05) is 36.7 Å². The number of hydrogen-bond acceptors (Lipinski definition) is 4. The quantitative estimate of drug-likeness (QED) is 0.710. The molecule has 0 bridgehead atoms. The van der Waals surface area contributed by atoms with Gasteiger partial charge in [-0.1, -0.05) is 24.3 Å². The molecule has 108 valence electrons. The van der Waals surface area contributed by atoms with Crippen LogP contribution in [0.15, 0.2) is 36.7 Å². The number of methoxy groups -OCH3 is 1. The van der Waals surface area contributed by atoms with Crippen molar-refractivity contribution < 1.29 is 9.84 Å². The molecule has 2 rings (SSSR count). The maximum atomic E-state index is 9.04. The van der Waals surface area contributed by atoms with E-state index in [1.165, 1.54) is 5.56 Å². The van der Waals surface area contributed by atoms with Gasteiger partial charge >= 0.3 is 0 Å². The van der Waals surface area contributed by atoms with Gasteiger partial charge in [0.15, 0.2) is 0 Å². The van der Waals surface area contributed by atoms with Gasteiger partial charge in [0.2, 0.25) is 0 Å². The van der Waals surface area contributed by atoms with Crippen LogP contribution in [0.1, 0.15) is 17.0 Å². The molecule has 1 heterocycles.